The summed E-state index contributed by atoms with van der Waals surface area (Å²) in [7, 11) is 1.63. The number of aromatic nitrogens is 1. The number of rotatable bonds is 4. The lowest BCUT2D eigenvalue weighted by Gasteiger charge is -2.41. The molecule has 0 aliphatic carbocycles. The van der Waals surface area contributed by atoms with Gasteiger partial charge in [0.2, 0.25) is 0 Å². The Morgan fingerprint density at radius 3 is 2.58 bits per heavy atom. The Hall–Kier alpha value is -1.82. The molecule has 0 spiro atoms. The van der Waals surface area contributed by atoms with Crippen molar-refractivity contribution in [3.63, 3.8) is 0 Å². The molecule has 134 valence electrons. The standard InChI is InChI=1S/C18H28N2O4/c1-17(2,3)24-16(22)20-9-6-18(13-21,7-10-20)11-14-12-19-8-5-15(14)23-4/h5,8,12,21H,6-7,9-11,13H2,1-4H3. The van der Waals surface area contributed by atoms with Gasteiger partial charge < -0.3 is 19.5 Å². The molecule has 0 bridgehead atoms. The molecule has 1 fully saturated rings. The maximum atomic E-state index is 12.2. The Bertz CT molecular complexity index is 560. The number of nitrogens with zero attached hydrogens (tertiary/aromatic N) is 2. The van der Waals surface area contributed by atoms with Gasteiger partial charge >= 0.3 is 6.09 Å². The molecule has 1 aromatic rings. The maximum Gasteiger partial charge on any atom is 0.410 e. The average Bonchev–Trinajstić information content (AvgIpc) is 2.54. The Labute approximate surface area is 143 Å². The molecule has 0 saturated carbocycles. The molecule has 1 aliphatic rings. The summed E-state index contributed by atoms with van der Waals surface area (Å²) < 4.78 is 10.8. The van der Waals surface area contributed by atoms with Gasteiger partial charge in [-0.2, -0.15) is 0 Å². The highest BCUT2D eigenvalue weighted by molar-refractivity contribution is 5.68. The quantitative estimate of drug-likeness (QED) is 0.915. The minimum absolute atomic E-state index is 0.0766. The van der Waals surface area contributed by atoms with Crippen molar-refractivity contribution in [2.24, 2.45) is 5.41 Å². The van der Waals surface area contributed by atoms with Crippen LogP contribution in [0, 0.1) is 5.41 Å². The van der Waals surface area contributed by atoms with E-state index in [0.29, 0.717) is 19.5 Å². The minimum Gasteiger partial charge on any atom is -0.496 e. The summed E-state index contributed by atoms with van der Waals surface area (Å²) in [4.78, 5) is 18.1. The Balaban J connectivity index is 2.02. The summed E-state index contributed by atoms with van der Waals surface area (Å²) in [6.07, 6.45) is 5.33. The first-order chi connectivity index (χ1) is 11.3. The van der Waals surface area contributed by atoms with Gasteiger partial charge in [0, 0.05) is 43.1 Å². The third-order valence-corrected chi connectivity index (χ3v) is 4.46. The lowest BCUT2D eigenvalue weighted by atomic mass is 9.74. The fourth-order valence-corrected chi connectivity index (χ4v) is 3.03. The van der Waals surface area contributed by atoms with E-state index >= 15 is 0 Å². The first-order valence-electron chi connectivity index (χ1n) is 8.34. The summed E-state index contributed by atoms with van der Waals surface area (Å²) >= 11 is 0. The van der Waals surface area contributed by atoms with Crippen molar-refractivity contribution < 1.29 is 19.4 Å². The summed E-state index contributed by atoms with van der Waals surface area (Å²) in [5.41, 5.74) is 0.236. The highest BCUT2D eigenvalue weighted by Gasteiger charge is 2.37. The van der Waals surface area contributed by atoms with Gasteiger partial charge in [-0.25, -0.2) is 4.79 Å². The normalized spacial score (nSPS) is 17.5. The monoisotopic (exact) mass is 336 g/mol. The van der Waals surface area contributed by atoms with E-state index < -0.39 is 5.60 Å². The van der Waals surface area contributed by atoms with E-state index in [2.05, 4.69) is 4.98 Å². The van der Waals surface area contributed by atoms with Crippen molar-refractivity contribution in [2.75, 3.05) is 26.8 Å². The van der Waals surface area contributed by atoms with Crippen LogP contribution in [0.5, 0.6) is 5.75 Å². The van der Waals surface area contributed by atoms with E-state index in [9.17, 15) is 9.90 Å². The predicted molar refractivity (Wildman–Crippen MR) is 91.1 cm³/mol. The molecule has 24 heavy (non-hydrogen) atoms. The van der Waals surface area contributed by atoms with Gasteiger partial charge in [-0.3, -0.25) is 4.98 Å². The number of carbonyl (C=O) groups is 1. The largest absolute Gasteiger partial charge is 0.496 e. The van der Waals surface area contributed by atoms with Crippen molar-refractivity contribution in [1.82, 2.24) is 9.88 Å². The molecular weight excluding hydrogens is 308 g/mol. The van der Waals surface area contributed by atoms with Gasteiger partial charge in [0.25, 0.3) is 0 Å². The fourth-order valence-electron chi connectivity index (χ4n) is 3.03. The second-order valence-electron chi connectivity index (χ2n) is 7.49. The van der Waals surface area contributed by atoms with Gasteiger partial charge in [0.1, 0.15) is 11.4 Å². The Kier molecular flexibility index (Phi) is 5.70. The number of likely N-dealkylation sites (tertiary alicyclic amines) is 1. The van der Waals surface area contributed by atoms with Crippen LogP contribution >= 0.6 is 0 Å². The van der Waals surface area contributed by atoms with Crippen LogP contribution in [0.4, 0.5) is 4.79 Å². The van der Waals surface area contributed by atoms with E-state index in [-0.39, 0.29) is 18.1 Å². The third-order valence-electron chi connectivity index (χ3n) is 4.46. The molecule has 1 saturated heterocycles. The zero-order chi connectivity index (χ0) is 17.8. The highest BCUT2D eigenvalue weighted by atomic mass is 16.6. The van der Waals surface area contributed by atoms with Crippen LogP contribution < -0.4 is 4.74 Å². The van der Waals surface area contributed by atoms with Crippen LogP contribution in [0.15, 0.2) is 18.5 Å². The highest BCUT2D eigenvalue weighted by Crippen LogP contribution is 2.37. The first kappa shape index (κ1) is 18.5. The first-order valence-corrected chi connectivity index (χ1v) is 8.34. The van der Waals surface area contributed by atoms with Crippen molar-refractivity contribution in [1.29, 1.82) is 0 Å². The molecule has 0 radical (unpaired) electrons. The number of piperidine rings is 1. The molecule has 6 nitrogen and oxygen atoms in total. The van der Waals surface area contributed by atoms with Crippen LogP contribution in [-0.4, -0.2) is 53.5 Å². The summed E-state index contributed by atoms with van der Waals surface area (Å²) in [6.45, 7) is 6.83. The van der Waals surface area contributed by atoms with Crippen molar-refractivity contribution in [2.45, 2.75) is 45.6 Å². The summed E-state index contributed by atoms with van der Waals surface area (Å²) in [5, 5.41) is 9.98. The van der Waals surface area contributed by atoms with Crippen LogP contribution in [0.3, 0.4) is 0 Å². The SMILES string of the molecule is COc1ccncc1CC1(CO)CCN(C(=O)OC(C)(C)C)CC1. The van der Waals surface area contributed by atoms with Crippen LogP contribution in [0.2, 0.25) is 0 Å². The molecule has 1 aromatic heterocycles. The van der Waals surface area contributed by atoms with Gasteiger partial charge in [-0.15, -0.1) is 0 Å². The zero-order valence-corrected chi connectivity index (χ0v) is 15.0. The van der Waals surface area contributed by atoms with Crippen molar-refractivity contribution >= 4 is 6.09 Å². The number of aliphatic hydroxyl groups is 1. The number of aliphatic hydroxyl groups excluding tert-OH is 1. The predicted octanol–water partition coefficient (Wildman–Crippen LogP) is 2.64. The second-order valence-corrected chi connectivity index (χ2v) is 7.49. The van der Waals surface area contributed by atoms with E-state index in [1.807, 2.05) is 26.8 Å². The van der Waals surface area contributed by atoms with Gasteiger partial charge in [-0.05, 0) is 46.1 Å². The molecule has 6 heteroatoms. The smallest absolute Gasteiger partial charge is 0.410 e. The number of methoxy groups -OCH3 is 1. The summed E-state index contributed by atoms with van der Waals surface area (Å²) in [6, 6.07) is 1.83. The third kappa shape index (κ3) is 4.60. The minimum atomic E-state index is -0.494. The molecule has 0 atom stereocenters. The number of ether oxygens (including phenoxy) is 2. The lowest BCUT2D eigenvalue weighted by Crippen LogP contribution is -2.47. The lowest BCUT2D eigenvalue weighted by molar-refractivity contribution is -0.000323. The van der Waals surface area contributed by atoms with Crippen LogP contribution in [0.1, 0.15) is 39.2 Å². The zero-order valence-electron chi connectivity index (χ0n) is 15.0. The molecule has 0 unspecified atom stereocenters. The van der Waals surface area contributed by atoms with Crippen molar-refractivity contribution in [3.8, 4) is 5.75 Å². The second kappa shape index (κ2) is 7.38. The van der Waals surface area contributed by atoms with E-state index in [4.69, 9.17) is 9.47 Å². The summed E-state index contributed by atoms with van der Waals surface area (Å²) in [5.74, 6) is 0.785. The van der Waals surface area contributed by atoms with Crippen LogP contribution in [0.25, 0.3) is 0 Å². The molecule has 1 amide bonds. The van der Waals surface area contributed by atoms with E-state index in [1.54, 1.807) is 24.4 Å². The molecule has 0 aromatic carbocycles. The number of hydrogen-bond donors (Lipinski definition) is 1. The van der Waals surface area contributed by atoms with E-state index in [0.717, 1.165) is 24.2 Å². The molecular formula is C18H28N2O4. The van der Waals surface area contributed by atoms with E-state index in [1.165, 1.54) is 0 Å². The number of amides is 1. The molecule has 1 aliphatic heterocycles. The molecule has 1 N–H and O–H groups in total. The average molecular weight is 336 g/mol. The van der Waals surface area contributed by atoms with Crippen LogP contribution in [-0.2, 0) is 11.2 Å². The molecule has 2 rings (SSSR count). The van der Waals surface area contributed by atoms with Gasteiger partial charge in [0.05, 0.1) is 7.11 Å². The topological polar surface area (TPSA) is 71.9 Å². The number of carbonyl (C=O) groups excluding carboxylic acids is 1. The van der Waals surface area contributed by atoms with Gasteiger partial charge in [0.15, 0.2) is 0 Å². The number of pyridine rings is 1. The fraction of sp³-hybridized carbons (Fsp3) is 0.667. The van der Waals surface area contributed by atoms with Gasteiger partial charge in [-0.1, -0.05) is 0 Å². The van der Waals surface area contributed by atoms with Crippen molar-refractivity contribution in [3.05, 3.63) is 24.0 Å². The Morgan fingerprint density at radius 1 is 1.38 bits per heavy atom. The molecule has 2 heterocycles. The number of hydrogen-bond acceptors (Lipinski definition) is 5. The Morgan fingerprint density at radius 2 is 2.04 bits per heavy atom. The maximum absolute atomic E-state index is 12.2.